The van der Waals surface area contributed by atoms with Gasteiger partial charge in [-0.3, -0.25) is 0 Å². The van der Waals surface area contributed by atoms with E-state index >= 15 is 0 Å². The Morgan fingerprint density at radius 1 is 1.36 bits per heavy atom. The zero-order valence-corrected chi connectivity index (χ0v) is 7.89. The molecule has 0 heterocycles. The molecule has 0 saturated heterocycles. The number of rotatable bonds is 3. The first-order chi connectivity index (χ1) is 6.47. The van der Waals surface area contributed by atoms with E-state index in [1.165, 1.54) is 6.92 Å². The van der Waals surface area contributed by atoms with Crippen molar-refractivity contribution >= 4 is 11.9 Å². The van der Waals surface area contributed by atoms with Crippen LogP contribution in [0, 0.1) is 0 Å². The Morgan fingerprint density at radius 2 is 1.93 bits per heavy atom. The van der Waals surface area contributed by atoms with E-state index in [1.807, 2.05) is 0 Å². The van der Waals surface area contributed by atoms with Crippen molar-refractivity contribution in [1.29, 1.82) is 0 Å². The maximum Gasteiger partial charge on any atom is 0.381 e. The summed E-state index contributed by atoms with van der Waals surface area (Å²) in [7, 11) is 0. The first kappa shape index (κ1) is 12.6. The summed E-state index contributed by atoms with van der Waals surface area (Å²) in [6, 6.07) is 0. The van der Waals surface area contributed by atoms with E-state index in [1.54, 1.807) is 0 Å². The smallest absolute Gasteiger partial charge is 0.381 e. The van der Waals surface area contributed by atoms with Gasteiger partial charge in [-0.25, -0.2) is 19.4 Å². The van der Waals surface area contributed by atoms with Crippen LogP contribution < -0.4 is 0 Å². The molecule has 0 fully saturated rings. The molecule has 0 radical (unpaired) electrons. The number of carbonyl (C=O) groups excluding carboxylic acids is 2. The van der Waals surface area contributed by atoms with Gasteiger partial charge in [-0.05, 0) is 13.0 Å². The fourth-order valence-corrected chi connectivity index (χ4v) is 0.572. The Morgan fingerprint density at radius 3 is 2.36 bits per heavy atom. The van der Waals surface area contributed by atoms with Gasteiger partial charge in [0.15, 0.2) is 0 Å². The van der Waals surface area contributed by atoms with E-state index in [4.69, 9.17) is 10.2 Å². The number of aliphatic hydroxyl groups is 2. The lowest BCUT2D eigenvalue weighted by Crippen LogP contribution is -2.14. The lowest BCUT2D eigenvalue weighted by Gasteiger charge is -2.03. The predicted molar refractivity (Wildman–Crippen MR) is 44.7 cm³/mol. The van der Waals surface area contributed by atoms with Gasteiger partial charge in [0.25, 0.3) is 0 Å². The van der Waals surface area contributed by atoms with Gasteiger partial charge in [0.2, 0.25) is 0 Å². The van der Waals surface area contributed by atoms with Crippen molar-refractivity contribution in [2.75, 3.05) is 6.61 Å². The summed E-state index contributed by atoms with van der Waals surface area (Å²) in [6.07, 6.45) is -0.0499. The molecule has 6 nitrogen and oxygen atoms in total. The fourth-order valence-electron chi connectivity index (χ4n) is 0.572. The molecule has 0 spiro atoms. The molecule has 14 heavy (non-hydrogen) atoms. The summed E-state index contributed by atoms with van der Waals surface area (Å²) in [5.41, 5.74) is 0.0350. The van der Waals surface area contributed by atoms with Gasteiger partial charge in [0, 0.05) is 12.5 Å². The van der Waals surface area contributed by atoms with E-state index in [0.29, 0.717) is 0 Å². The van der Waals surface area contributed by atoms with Crippen molar-refractivity contribution in [3.8, 4) is 0 Å². The Balaban J connectivity index is 4.11. The van der Waals surface area contributed by atoms with E-state index in [-0.39, 0.29) is 5.57 Å². The van der Waals surface area contributed by atoms with Gasteiger partial charge in [-0.1, -0.05) is 0 Å². The minimum absolute atomic E-state index is 0.0350. The molecule has 0 rings (SSSR count). The molecule has 1 unspecified atom stereocenters. The topological polar surface area (TPSA) is 93.1 Å². The van der Waals surface area contributed by atoms with Crippen LogP contribution in [-0.4, -0.2) is 34.9 Å². The highest BCUT2D eigenvalue weighted by molar-refractivity contribution is 5.87. The third kappa shape index (κ3) is 5.28. The van der Waals surface area contributed by atoms with Crippen LogP contribution in [-0.2, 0) is 19.4 Å². The van der Waals surface area contributed by atoms with E-state index in [9.17, 15) is 9.59 Å². The second kappa shape index (κ2) is 6.11. The molecule has 0 bridgehead atoms. The molecule has 0 aromatic carbocycles. The normalized spacial score (nSPS) is 13.3. The maximum absolute atomic E-state index is 10.9. The standard InChI is InChI=1S/C8H12O6/c1-5(3-7(11)4-9)8(12)14-13-6(2)10/h3,7,9,11H,4H2,1-2H3/b5-3+. The molecular weight excluding hydrogens is 192 g/mol. The summed E-state index contributed by atoms with van der Waals surface area (Å²) in [6.45, 7) is 1.93. The van der Waals surface area contributed by atoms with Gasteiger partial charge >= 0.3 is 11.9 Å². The predicted octanol–water partition coefficient (Wildman–Crippen LogP) is -0.693. The van der Waals surface area contributed by atoms with Crippen LogP contribution in [0.25, 0.3) is 0 Å². The molecule has 80 valence electrons. The maximum atomic E-state index is 10.9. The van der Waals surface area contributed by atoms with Crippen molar-refractivity contribution in [3.63, 3.8) is 0 Å². The Labute approximate surface area is 80.7 Å². The second-order valence-corrected chi connectivity index (χ2v) is 2.55. The van der Waals surface area contributed by atoms with Gasteiger partial charge < -0.3 is 10.2 Å². The lowest BCUT2D eigenvalue weighted by atomic mass is 10.2. The van der Waals surface area contributed by atoms with Crippen LogP contribution in [0.4, 0.5) is 0 Å². The third-order valence-corrected chi connectivity index (χ3v) is 1.19. The van der Waals surface area contributed by atoms with Gasteiger partial charge in [-0.15, -0.1) is 0 Å². The minimum atomic E-state index is -1.14. The van der Waals surface area contributed by atoms with Crippen molar-refractivity contribution < 1.29 is 29.6 Å². The number of hydrogen-bond donors (Lipinski definition) is 2. The molecule has 0 aromatic heterocycles. The molecule has 0 aliphatic heterocycles. The highest BCUT2D eigenvalue weighted by atomic mass is 17.2. The monoisotopic (exact) mass is 204 g/mol. The van der Waals surface area contributed by atoms with Crippen LogP contribution >= 0.6 is 0 Å². The molecule has 0 aromatic rings. The number of hydrogen-bond acceptors (Lipinski definition) is 6. The molecule has 0 aliphatic carbocycles. The van der Waals surface area contributed by atoms with Gasteiger partial charge in [0.1, 0.15) is 0 Å². The summed E-state index contributed by atoms with van der Waals surface area (Å²) in [4.78, 5) is 29.2. The summed E-state index contributed by atoms with van der Waals surface area (Å²) < 4.78 is 0. The molecular formula is C8H12O6. The van der Waals surface area contributed by atoms with Crippen LogP contribution in [0.2, 0.25) is 0 Å². The molecule has 1 atom stereocenters. The largest absolute Gasteiger partial charge is 0.393 e. The van der Waals surface area contributed by atoms with Crippen LogP contribution in [0.15, 0.2) is 11.6 Å². The van der Waals surface area contributed by atoms with E-state index < -0.39 is 24.6 Å². The highest BCUT2D eigenvalue weighted by Gasteiger charge is 2.10. The van der Waals surface area contributed by atoms with Crippen molar-refractivity contribution in [2.45, 2.75) is 20.0 Å². The molecule has 0 saturated carbocycles. The second-order valence-electron chi connectivity index (χ2n) is 2.55. The van der Waals surface area contributed by atoms with E-state index in [0.717, 1.165) is 13.0 Å². The van der Waals surface area contributed by atoms with Crippen LogP contribution in [0.5, 0.6) is 0 Å². The summed E-state index contributed by atoms with van der Waals surface area (Å²) >= 11 is 0. The van der Waals surface area contributed by atoms with Crippen LogP contribution in [0.1, 0.15) is 13.8 Å². The Hall–Kier alpha value is -1.40. The molecule has 0 aliphatic rings. The van der Waals surface area contributed by atoms with Gasteiger partial charge in [0.05, 0.1) is 12.7 Å². The average molecular weight is 204 g/mol. The highest BCUT2D eigenvalue weighted by Crippen LogP contribution is 1.99. The zero-order valence-electron chi connectivity index (χ0n) is 7.89. The summed E-state index contributed by atoms with van der Waals surface area (Å²) in [5.74, 6) is -1.65. The van der Waals surface area contributed by atoms with Crippen molar-refractivity contribution in [3.05, 3.63) is 11.6 Å². The fraction of sp³-hybridized carbons (Fsp3) is 0.500. The lowest BCUT2D eigenvalue weighted by molar-refractivity contribution is -0.253. The molecule has 6 heteroatoms. The Kier molecular flexibility index (Phi) is 5.50. The van der Waals surface area contributed by atoms with Crippen molar-refractivity contribution in [2.24, 2.45) is 0 Å². The number of aliphatic hydroxyl groups excluding tert-OH is 2. The number of carbonyl (C=O) groups is 2. The first-order valence-corrected chi connectivity index (χ1v) is 3.84. The van der Waals surface area contributed by atoms with Crippen LogP contribution in [0.3, 0.4) is 0 Å². The average Bonchev–Trinajstić information content (AvgIpc) is 2.13. The van der Waals surface area contributed by atoms with Gasteiger partial charge in [-0.2, -0.15) is 0 Å². The zero-order chi connectivity index (χ0) is 11.1. The quantitative estimate of drug-likeness (QED) is 0.359. The minimum Gasteiger partial charge on any atom is -0.393 e. The summed E-state index contributed by atoms with van der Waals surface area (Å²) in [5, 5.41) is 17.4. The molecule has 0 amide bonds. The third-order valence-electron chi connectivity index (χ3n) is 1.19. The Bertz CT molecular complexity index is 244. The molecule has 2 N–H and O–H groups in total. The first-order valence-electron chi connectivity index (χ1n) is 3.84. The van der Waals surface area contributed by atoms with E-state index in [2.05, 4.69) is 9.78 Å². The van der Waals surface area contributed by atoms with Crippen molar-refractivity contribution in [1.82, 2.24) is 0 Å². The SMILES string of the molecule is CC(=O)OOC(=O)/C(C)=C/C(O)CO.